The van der Waals surface area contributed by atoms with Gasteiger partial charge in [-0.15, -0.1) is 0 Å². The first kappa shape index (κ1) is 53.8. The molecule has 6 N–H and O–H groups in total. The summed E-state index contributed by atoms with van der Waals surface area (Å²) in [5.74, 6) is -2.53. The van der Waals surface area contributed by atoms with Gasteiger partial charge in [0.1, 0.15) is 66.2 Å². The van der Waals surface area contributed by atoms with Gasteiger partial charge in [-0.25, -0.2) is 9.59 Å². The van der Waals surface area contributed by atoms with E-state index in [9.17, 15) is 44.7 Å². The van der Waals surface area contributed by atoms with E-state index in [1.54, 1.807) is 12.1 Å². The van der Waals surface area contributed by atoms with Crippen LogP contribution in [0.2, 0.25) is 0 Å². The average Bonchev–Trinajstić information content (AvgIpc) is 4.19. The number of phenolic OH excluding ortho intramolecular Hbond substituents is 3. The smallest absolute Gasteiger partial charge is 0.342 e. The lowest BCUT2D eigenvalue weighted by atomic mass is 9.77. The van der Waals surface area contributed by atoms with Gasteiger partial charge in [0.05, 0.1) is 17.4 Å². The van der Waals surface area contributed by atoms with Crippen molar-refractivity contribution in [1.82, 2.24) is 0 Å². The number of hydrogen-bond acceptors (Lipinski definition) is 13. The molecule has 6 unspecified atom stereocenters. The SMILES string of the molecule is CCC(C)(CC(C)c1ccccc1)C(=O)OCC(O)COC(=O)c1cc2cc(O)ccc2cc1O.CCC(C)(CC(C)c1ccccc1)C(=O)OCC1CO1.O=C(O)c1cc2cc(O)ccc2cc1O. The Kier molecular flexibility index (Phi) is 18.8. The Morgan fingerprint density at radius 2 is 1.03 bits per heavy atom. The molecule has 0 aliphatic carbocycles. The number of aromatic hydroxyl groups is 4. The highest BCUT2D eigenvalue weighted by Crippen LogP contribution is 2.37. The van der Waals surface area contributed by atoms with Gasteiger partial charge in [0.2, 0.25) is 0 Å². The number of aliphatic hydroxyl groups excluding tert-OH is 1. The summed E-state index contributed by atoms with van der Waals surface area (Å²) in [5.41, 5.74) is 0.983. The number of fused-ring (bicyclic) bond motifs is 2. The maximum Gasteiger partial charge on any atom is 0.342 e. The van der Waals surface area contributed by atoms with Crippen molar-refractivity contribution >= 4 is 45.4 Å². The molecule has 0 spiro atoms. The van der Waals surface area contributed by atoms with Gasteiger partial charge < -0.3 is 49.6 Å². The van der Waals surface area contributed by atoms with Crippen molar-refractivity contribution in [3.8, 4) is 23.0 Å². The Bertz CT molecular complexity index is 2720. The molecule has 6 atom stereocenters. The van der Waals surface area contributed by atoms with Crippen molar-refractivity contribution in [3.05, 3.63) is 144 Å². The normalized spacial score (nSPS) is 15.8. The Hall–Kier alpha value is -7.16. The molecule has 70 heavy (non-hydrogen) atoms. The van der Waals surface area contributed by atoms with Gasteiger partial charge >= 0.3 is 23.9 Å². The summed E-state index contributed by atoms with van der Waals surface area (Å²) in [6.07, 6.45) is 1.67. The van der Waals surface area contributed by atoms with Crippen LogP contribution >= 0.6 is 0 Å². The minimum Gasteiger partial charge on any atom is -0.508 e. The molecular formula is C56H64O14. The third-order valence-electron chi connectivity index (χ3n) is 12.7. The molecule has 1 saturated heterocycles. The second-order valence-electron chi connectivity index (χ2n) is 18.4. The van der Waals surface area contributed by atoms with E-state index in [1.165, 1.54) is 54.1 Å². The molecule has 1 fully saturated rings. The molecule has 7 rings (SSSR count). The van der Waals surface area contributed by atoms with Gasteiger partial charge in [-0.05, 0) is 133 Å². The number of carbonyl (C=O) groups is 4. The van der Waals surface area contributed by atoms with E-state index in [0.717, 1.165) is 25.0 Å². The van der Waals surface area contributed by atoms with Crippen LogP contribution in [0.25, 0.3) is 21.5 Å². The third kappa shape index (κ3) is 14.9. The summed E-state index contributed by atoms with van der Waals surface area (Å²) in [4.78, 5) is 48.3. The minimum atomic E-state index is -1.22. The fourth-order valence-corrected chi connectivity index (χ4v) is 7.93. The van der Waals surface area contributed by atoms with Gasteiger partial charge in [-0.2, -0.15) is 0 Å². The lowest BCUT2D eigenvalue weighted by Gasteiger charge is -2.29. The minimum absolute atomic E-state index is 0.0250. The third-order valence-corrected chi connectivity index (χ3v) is 12.7. The van der Waals surface area contributed by atoms with E-state index < -0.39 is 41.4 Å². The molecule has 1 heterocycles. The van der Waals surface area contributed by atoms with Gasteiger partial charge in [-0.3, -0.25) is 9.59 Å². The van der Waals surface area contributed by atoms with Crippen molar-refractivity contribution < 1.29 is 68.8 Å². The monoisotopic (exact) mass is 960 g/mol. The number of epoxide rings is 1. The summed E-state index contributed by atoms with van der Waals surface area (Å²) in [7, 11) is 0. The lowest BCUT2D eigenvalue weighted by molar-refractivity contribution is -0.159. The summed E-state index contributed by atoms with van der Waals surface area (Å²) in [6, 6.07) is 34.8. The van der Waals surface area contributed by atoms with Crippen molar-refractivity contribution in [2.75, 3.05) is 26.4 Å². The van der Waals surface area contributed by atoms with Crippen molar-refractivity contribution in [2.24, 2.45) is 10.8 Å². The van der Waals surface area contributed by atoms with Gasteiger partial charge in [0, 0.05) is 0 Å². The van der Waals surface area contributed by atoms with Crippen molar-refractivity contribution in [3.63, 3.8) is 0 Å². The highest BCUT2D eigenvalue weighted by Gasteiger charge is 2.37. The highest BCUT2D eigenvalue weighted by atomic mass is 16.6. The predicted octanol–water partition coefficient (Wildman–Crippen LogP) is 10.4. The number of ether oxygens (including phenoxy) is 4. The largest absolute Gasteiger partial charge is 0.508 e. The van der Waals surface area contributed by atoms with Crippen LogP contribution in [0.5, 0.6) is 23.0 Å². The number of aliphatic hydroxyl groups is 1. The Balaban J connectivity index is 0.000000218. The number of carbonyl (C=O) groups excluding carboxylic acids is 3. The Labute approximate surface area is 408 Å². The van der Waals surface area contributed by atoms with Crippen molar-refractivity contribution in [1.29, 1.82) is 0 Å². The second kappa shape index (κ2) is 24.4. The van der Waals surface area contributed by atoms with E-state index in [0.29, 0.717) is 46.9 Å². The Morgan fingerprint density at radius 1 is 0.600 bits per heavy atom. The molecule has 0 radical (unpaired) electrons. The predicted molar refractivity (Wildman–Crippen MR) is 265 cm³/mol. The number of carboxylic acid groups (broad SMARTS) is 1. The number of rotatable bonds is 18. The van der Waals surface area contributed by atoms with E-state index >= 15 is 0 Å². The van der Waals surface area contributed by atoms with Gasteiger partial charge in [0.15, 0.2) is 0 Å². The molecule has 14 nitrogen and oxygen atoms in total. The first-order valence-corrected chi connectivity index (χ1v) is 23.3. The van der Waals surface area contributed by atoms with Crippen molar-refractivity contribution in [2.45, 2.75) is 91.3 Å². The van der Waals surface area contributed by atoms with Crippen LogP contribution in [-0.2, 0) is 28.5 Å². The molecule has 1 aliphatic heterocycles. The molecule has 0 amide bonds. The second-order valence-corrected chi connectivity index (χ2v) is 18.4. The standard InChI is InChI=1S/C28H32O7.C17H24O3.C11H8O4/c1-4-28(3,15-18(2)19-8-6-5-7-9-19)27(33)35-17-23(30)16-34-26(32)24-13-21-12-22(29)11-10-20(21)14-25(24)31;1-4-17(3,16(18)20-12-15-11-19-15)10-13(2)14-8-6-5-7-9-14;12-8-2-1-6-5-10(13)9(11(14)15)4-7(6)3-8/h5-14,18,23,29-31H,4,15-17H2,1-3H3;5-9,13,15H,4,10-12H2,1-3H3;1-5,12-13H,(H,14,15). The number of aromatic carboxylic acids is 1. The summed E-state index contributed by atoms with van der Waals surface area (Å²) < 4.78 is 21.0. The summed E-state index contributed by atoms with van der Waals surface area (Å²) in [6.45, 7) is 12.4. The molecule has 0 saturated carbocycles. The molecule has 14 heteroatoms. The van der Waals surface area contributed by atoms with Crippen LogP contribution in [-0.4, -0.2) is 93.2 Å². The first-order valence-electron chi connectivity index (χ1n) is 23.3. The van der Waals surface area contributed by atoms with Crippen LogP contribution in [0, 0.1) is 10.8 Å². The summed E-state index contributed by atoms with van der Waals surface area (Å²) >= 11 is 0. The van der Waals surface area contributed by atoms with E-state index in [-0.39, 0.29) is 58.7 Å². The number of carboxylic acids is 1. The number of hydrogen-bond donors (Lipinski definition) is 6. The van der Waals surface area contributed by atoms with E-state index in [1.807, 2.05) is 76.2 Å². The molecular weight excluding hydrogens is 897 g/mol. The van der Waals surface area contributed by atoms with Crippen LogP contribution < -0.4 is 0 Å². The molecule has 0 aromatic heterocycles. The van der Waals surface area contributed by atoms with Crippen LogP contribution in [0.3, 0.4) is 0 Å². The number of phenols is 4. The van der Waals surface area contributed by atoms with Gasteiger partial charge in [-0.1, -0.05) is 100 Å². The lowest BCUT2D eigenvalue weighted by Crippen LogP contribution is -2.34. The zero-order valence-electron chi connectivity index (χ0n) is 40.5. The van der Waals surface area contributed by atoms with Crippen LogP contribution in [0.1, 0.15) is 111 Å². The average molecular weight is 961 g/mol. The molecule has 0 bridgehead atoms. The molecule has 6 aromatic rings. The molecule has 372 valence electrons. The number of benzene rings is 6. The van der Waals surface area contributed by atoms with Crippen LogP contribution in [0.4, 0.5) is 0 Å². The zero-order valence-corrected chi connectivity index (χ0v) is 40.5. The topological polar surface area (TPSA) is 230 Å². The fraction of sp³-hybridized carbons (Fsp3) is 0.357. The molecule has 6 aromatic carbocycles. The van der Waals surface area contributed by atoms with E-state index in [2.05, 4.69) is 26.0 Å². The van der Waals surface area contributed by atoms with Gasteiger partial charge in [0.25, 0.3) is 0 Å². The maximum atomic E-state index is 12.8. The quantitative estimate of drug-likeness (QED) is 0.0268. The summed E-state index contributed by atoms with van der Waals surface area (Å²) in [5, 5.41) is 59.9. The zero-order chi connectivity index (χ0) is 51.2. The first-order chi connectivity index (χ1) is 33.2. The van der Waals surface area contributed by atoms with Crippen LogP contribution in [0.15, 0.2) is 121 Å². The molecule has 1 aliphatic rings. The number of esters is 3. The van der Waals surface area contributed by atoms with E-state index in [4.69, 9.17) is 24.1 Å². The maximum absolute atomic E-state index is 12.8. The highest BCUT2D eigenvalue weighted by molar-refractivity contribution is 5.99. The Morgan fingerprint density at radius 3 is 1.47 bits per heavy atom. The fourth-order valence-electron chi connectivity index (χ4n) is 7.93.